The Kier molecular flexibility index (Phi) is 6.29. The Morgan fingerprint density at radius 1 is 0.870 bits per heavy atom. The fraction of sp³-hybridized carbons (Fsp3) is 0.222. The highest BCUT2D eigenvalue weighted by Gasteiger charge is 2.12. The predicted octanol–water partition coefficient (Wildman–Crippen LogP) is 3.30. The van der Waals surface area contributed by atoms with Crippen LogP contribution < -0.4 is 4.74 Å². The molecule has 0 bridgehead atoms. The molecule has 0 unspecified atom stereocenters. The highest BCUT2D eigenvalue weighted by molar-refractivity contribution is 5.79. The van der Waals surface area contributed by atoms with Crippen molar-refractivity contribution in [3.05, 3.63) is 66.0 Å². The van der Waals surface area contributed by atoms with Gasteiger partial charge in [-0.15, -0.1) is 0 Å². The zero-order valence-corrected chi connectivity index (χ0v) is 12.5. The van der Waals surface area contributed by atoms with Gasteiger partial charge in [-0.05, 0) is 17.7 Å². The van der Waals surface area contributed by atoms with Gasteiger partial charge in [-0.1, -0.05) is 42.5 Å². The van der Waals surface area contributed by atoms with Gasteiger partial charge in [0.2, 0.25) is 0 Å². The van der Waals surface area contributed by atoms with E-state index >= 15 is 0 Å². The van der Waals surface area contributed by atoms with Crippen molar-refractivity contribution in [3.63, 3.8) is 0 Å². The number of ether oxygens (including phenoxy) is 2. The summed E-state index contributed by atoms with van der Waals surface area (Å²) < 4.78 is 23.2. The van der Waals surface area contributed by atoms with Crippen molar-refractivity contribution in [2.45, 2.75) is 19.3 Å². The van der Waals surface area contributed by atoms with Crippen LogP contribution >= 0.6 is 0 Å². The van der Waals surface area contributed by atoms with Crippen molar-refractivity contribution in [1.82, 2.24) is 0 Å². The Hall–Kier alpha value is -2.69. The fourth-order valence-electron chi connectivity index (χ4n) is 1.90. The van der Waals surface area contributed by atoms with Crippen LogP contribution in [0.5, 0.6) is 5.75 Å². The van der Waals surface area contributed by atoms with E-state index in [1.807, 2.05) is 30.3 Å². The number of carbonyl (C=O) groups is 2. The number of rotatable bonds is 7. The lowest BCUT2D eigenvalue weighted by Crippen LogP contribution is -2.13. The first-order chi connectivity index (χ1) is 11.1. The van der Waals surface area contributed by atoms with Crippen LogP contribution in [0.15, 0.2) is 54.6 Å². The highest BCUT2D eigenvalue weighted by atomic mass is 19.1. The third-order valence-corrected chi connectivity index (χ3v) is 3.09. The van der Waals surface area contributed by atoms with Crippen molar-refractivity contribution < 1.29 is 23.5 Å². The molecule has 0 atom stereocenters. The van der Waals surface area contributed by atoms with Crippen LogP contribution in [0.1, 0.15) is 18.4 Å². The predicted molar refractivity (Wildman–Crippen MR) is 82.4 cm³/mol. The molecule has 120 valence electrons. The van der Waals surface area contributed by atoms with Crippen molar-refractivity contribution in [3.8, 4) is 5.75 Å². The Labute approximate surface area is 133 Å². The molecule has 4 nitrogen and oxygen atoms in total. The van der Waals surface area contributed by atoms with Crippen LogP contribution in [0.3, 0.4) is 0 Å². The quantitative estimate of drug-likeness (QED) is 0.581. The van der Waals surface area contributed by atoms with Gasteiger partial charge in [0, 0.05) is 6.42 Å². The number of hydrogen-bond acceptors (Lipinski definition) is 4. The number of esters is 2. The van der Waals surface area contributed by atoms with Gasteiger partial charge in [-0.25, -0.2) is 4.39 Å². The topological polar surface area (TPSA) is 52.6 Å². The zero-order chi connectivity index (χ0) is 16.5. The molecule has 0 aliphatic rings. The van der Waals surface area contributed by atoms with Gasteiger partial charge in [-0.2, -0.15) is 0 Å². The summed E-state index contributed by atoms with van der Waals surface area (Å²) in [7, 11) is 0. The average molecular weight is 316 g/mol. The van der Waals surface area contributed by atoms with Crippen molar-refractivity contribution >= 4 is 11.9 Å². The molecular formula is C18H17FO4. The van der Waals surface area contributed by atoms with Gasteiger partial charge in [0.15, 0.2) is 11.6 Å². The normalized spacial score (nSPS) is 10.1. The fourth-order valence-corrected chi connectivity index (χ4v) is 1.90. The van der Waals surface area contributed by atoms with Crippen LogP contribution in [0.4, 0.5) is 4.39 Å². The first-order valence-corrected chi connectivity index (χ1v) is 7.30. The number of benzene rings is 2. The Morgan fingerprint density at radius 2 is 1.52 bits per heavy atom. The minimum atomic E-state index is -0.671. The molecule has 0 heterocycles. The van der Waals surface area contributed by atoms with E-state index in [1.165, 1.54) is 18.2 Å². The largest absolute Gasteiger partial charge is 0.465 e. The van der Waals surface area contributed by atoms with Crippen molar-refractivity contribution in [1.29, 1.82) is 0 Å². The van der Waals surface area contributed by atoms with E-state index in [2.05, 4.69) is 0 Å². The number of para-hydroxylation sites is 1. The third-order valence-electron chi connectivity index (χ3n) is 3.09. The summed E-state index contributed by atoms with van der Waals surface area (Å²) in [6.07, 6.45) is 0.368. The van der Waals surface area contributed by atoms with Gasteiger partial charge < -0.3 is 9.47 Å². The molecule has 2 rings (SSSR count). The number of halogens is 1. The highest BCUT2D eigenvalue weighted by Crippen LogP contribution is 2.16. The maximum atomic E-state index is 13.3. The molecule has 0 saturated carbocycles. The second kappa shape index (κ2) is 8.68. The van der Waals surface area contributed by atoms with E-state index < -0.39 is 17.8 Å². The molecule has 0 spiro atoms. The van der Waals surface area contributed by atoms with Crippen LogP contribution in [0, 0.1) is 5.82 Å². The summed E-state index contributed by atoms with van der Waals surface area (Å²) in [5, 5.41) is 0. The monoisotopic (exact) mass is 316 g/mol. The van der Waals surface area contributed by atoms with E-state index in [-0.39, 0.29) is 25.2 Å². The summed E-state index contributed by atoms with van der Waals surface area (Å²) in [6.45, 7) is 0.255. The lowest BCUT2D eigenvalue weighted by molar-refractivity contribution is -0.146. The molecule has 2 aromatic carbocycles. The zero-order valence-electron chi connectivity index (χ0n) is 12.5. The van der Waals surface area contributed by atoms with Gasteiger partial charge in [-0.3, -0.25) is 9.59 Å². The van der Waals surface area contributed by atoms with Gasteiger partial charge in [0.1, 0.15) is 0 Å². The minimum absolute atomic E-state index is 0.0952. The second-order valence-corrected chi connectivity index (χ2v) is 4.86. The molecule has 2 aromatic rings. The molecule has 0 aliphatic heterocycles. The maximum absolute atomic E-state index is 13.3. The Morgan fingerprint density at radius 3 is 2.26 bits per heavy atom. The minimum Gasteiger partial charge on any atom is -0.465 e. The van der Waals surface area contributed by atoms with Gasteiger partial charge >= 0.3 is 11.9 Å². The van der Waals surface area contributed by atoms with E-state index in [0.29, 0.717) is 6.42 Å². The molecule has 0 saturated heterocycles. The molecule has 0 fully saturated rings. The molecule has 0 radical (unpaired) electrons. The van der Waals surface area contributed by atoms with Crippen molar-refractivity contribution in [2.24, 2.45) is 0 Å². The van der Waals surface area contributed by atoms with E-state index in [9.17, 15) is 14.0 Å². The maximum Gasteiger partial charge on any atom is 0.311 e. The van der Waals surface area contributed by atoms with Crippen LogP contribution in [-0.2, 0) is 20.7 Å². The second-order valence-electron chi connectivity index (χ2n) is 4.86. The summed E-state index contributed by atoms with van der Waals surface area (Å²) in [5.41, 5.74) is 1.07. The van der Waals surface area contributed by atoms with Gasteiger partial charge in [0.05, 0.1) is 19.4 Å². The number of carbonyl (C=O) groups excluding carboxylic acids is 2. The van der Waals surface area contributed by atoms with Gasteiger partial charge in [0.25, 0.3) is 0 Å². The smallest absolute Gasteiger partial charge is 0.311 e. The molecule has 0 aliphatic carbocycles. The summed E-state index contributed by atoms with van der Waals surface area (Å²) in [5.74, 6) is -1.91. The van der Waals surface area contributed by atoms with E-state index in [0.717, 1.165) is 5.56 Å². The molecular weight excluding hydrogens is 299 g/mol. The molecule has 5 heteroatoms. The molecule has 0 amide bonds. The lowest BCUT2D eigenvalue weighted by atomic mass is 10.2. The molecule has 23 heavy (non-hydrogen) atoms. The first kappa shape index (κ1) is 16.7. The van der Waals surface area contributed by atoms with Crippen molar-refractivity contribution in [2.75, 3.05) is 6.61 Å². The van der Waals surface area contributed by atoms with E-state index in [1.54, 1.807) is 6.07 Å². The molecule has 0 N–H and O–H groups in total. The first-order valence-electron chi connectivity index (χ1n) is 7.30. The third kappa shape index (κ3) is 5.90. The Balaban J connectivity index is 1.66. The standard InChI is InChI=1S/C18H17FO4/c19-15-8-4-5-9-16(15)23-18(21)11-10-17(20)22-13-12-14-6-2-1-3-7-14/h1-9H,10-13H2. The van der Waals surface area contributed by atoms with Crippen LogP contribution in [0.2, 0.25) is 0 Å². The average Bonchev–Trinajstić information content (AvgIpc) is 2.56. The van der Waals surface area contributed by atoms with Crippen LogP contribution in [0.25, 0.3) is 0 Å². The summed E-state index contributed by atoms with van der Waals surface area (Å²) in [4.78, 5) is 23.1. The molecule has 0 aromatic heterocycles. The Bertz CT molecular complexity index is 655. The lowest BCUT2D eigenvalue weighted by Gasteiger charge is -2.06. The number of hydrogen-bond donors (Lipinski definition) is 0. The van der Waals surface area contributed by atoms with E-state index in [4.69, 9.17) is 9.47 Å². The summed E-state index contributed by atoms with van der Waals surface area (Å²) in [6, 6.07) is 15.2. The van der Waals surface area contributed by atoms with Crippen LogP contribution in [-0.4, -0.2) is 18.5 Å². The summed E-state index contributed by atoms with van der Waals surface area (Å²) >= 11 is 0. The SMILES string of the molecule is O=C(CCC(=O)Oc1ccccc1F)OCCc1ccccc1.